The maximum absolute atomic E-state index is 12.7. The fourth-order valence-corrected chi connectivity index (χ4v) is 3.51. The number of nitrogens with one attached hydrogen (secondary N) is 1. The fourth-order valence-electron chi connectivity index (χ4n) is 2.65. The van der Waals surface area contributed by atoms with Crippen LogP contribution in [-0.4, -0.2) is 16.1 Å². The molecule has 0 aliphatic carbocycles. The lowest BCUT2D eigenvalue weighted by atomic mass is 9.85. The summed E-state index contributed by atoms with van der Waals surface area (Å²) < 4.78 is 0. The molecule has 26 heavy (non-hydrogen) atoms. The zero-order valence-corrected chi connectivity index (χ0v) is 15.9. The van der Waals surface area contributed by atoms with Gasteiger partial charge in [0.25, 0.3) is 5.91 Å². The van der Waals surface area contributed by atoms with E-state index in [1.807, 2.05) is 48.5 Å². The summed E-state index contributed by atoms with van der Waals surface area (Å²) in [4.78, 5) is 12.7. The van der Waals surface area contributed by atoms with Gasteiger partial charge in [-0.1, -0.05) is 72.0 Å². The van der Waals surface area contributed by atoms with Gasteiger partial charge in [-0.05, 0) is 31.9 Å². The topological polar surface area (TPSA) is 80.9 Å². The summed E-state index contributed by atoms with van der Waals surface area (Å²) in [7, 11) is 0. The Hall–Kier alpha value is -2.57. The third-order valence-corrected chi connectivity index (χ3v) is 5.68. The molecule has 1 amide bonds. The molecule has 5 nitrogen and oxygen atoms in total. The van der Waals surface area contributed by atoms with Gasteiger partial charge in [0.1, 0.15) is 10.5 Å². The molecule has 2 aromatic carbocycles. The van der Waals surface area contributed by atoms with Crippen LogP contribution in [0.3, 0.4) is 0 Å². The van der Waals surface area contributed by atoms with Crippen LogP contribution >= 0.6 is 11.3 Å². The van der Waals surface area contributed by atoms with Crippen molar-refractivity contribution in [1.29, 1.82) is 0 Å². The number of amides is 1. The van der Waals surface area contributed by atoms with Crippen LogP contribution in [0.5, 0.6) is 0 Å². The normalized spacial score (nSPS) is 13.8. The van der Waals surface area contributed by atoms with E-state index in [0.717, 1.165) is 16.1 Å². The summed E-state index contributed by atoms with van der Waals surface area (Å²) in [5.74, 6) is -0.316. The zero-order valence-electron chi connectivity index (χ0n) is 15.1. The molecule has 0 saturated heterocycles. The monoisotopic (exact) mass is 366 g/mol. The van der Waals surface area contributed by atoms with Crippen molar-refractivity contribution < 1.29 is 4.79 Å². The second kappa shape index (κ2) is 6.97. The van der Waals surface area contributed by atoms with Gasteiger partial charge in [0.15, 0.2) is 0 Å². The molecule has 0 bridgehead atoms. The van der Waals surface area contributed by atoms with Crippen molar-refractivity contribution in [3.05, 3.63) is 76.8 Å². The first-order chi connectivity index (χ1) is 12.3. The molecular weight excluding hydrogens is 344 g/mol. The highest BCUT2D eigenvalue weighted by molar-refractivity contribution is 7.15. The highest BCUT2D eigenvalue weighted by Gasteiger charge is 2.32. The predicted molar refractivity (Wildman–Crippen MR) is 105 cm³/mol. The van der Waals surface area contributed by atoms with Crippen LogP contribution in [0, 0.1) is 0 Å². The molecule has 0 aliphatic rings. The van der Waals surface area contributed by atoms with Crippen LogP contribution in [0.2, 0.25) is 0 Å². The van der Waals surface area contributed by atoms with Gasteiger partial charge < -0.3 is 5.73 Å². The van der Waals surface area contributed by atoms with E-state index in [9.17, 15) is 4.79 Å². The molecule has 0 radical (unpaired) electrons. The lowest BCUT2D eigenvalue weighted by molar-refractivity contribution is -0.120. The van der Waals surface area contributed by atoms with E-state index < -0.39 is 5.54 Å². The molecule has 0 aliphatic heterocycles. The minimum atomic E-state index is -1.15. The number of anilines is 1. The number of carbonyl (C=O) groups is 1. The molecule has 3 N–H and O–H groups in total. The Morgan fingerprint density at radius 3 is 2.04 bits per heavy atom. The quantitative estimate of drug-likeness (QED) is 0.722. The van der Waals surface area contributed by atoms with E-state index in [0.29, 0.717) is 5.13 Å². The number of nitrogens with two attached hydrogens (primary N) is 1. The van der Waals surface area contributed by atoms with Crippen molar-refractivity contribution in [2.45, 2.75) is 31.7 Å². The Balaban J connectivity index is 1.79. The highest BCUT2D eigenvalue weighted by atomic mass is 32.1. The standard InChI is InChI=1S/C20H22N4OS/c1-19(2,14-10-6-4-7-11-14)17-23-24-18(26-17)22-16(25)20(3,21)15-12-8-5-9-13-15/h4-13H,21H2,1-3H3,(H,22,24,25). The van der Waals surface area contributed by atoms with E-state index in [-0.39, 0.29) is 11.3 Å². The van der Waals surface area contributed by atoms with Crippen molar-refractivity contribution >= 4 is 22.4 Å². The summed E-state index contributed by atoms with van der Waals surface area (Å²) in [6, 6.07) is 19.4. The minimum absolute atomic E-state index is 0.298. The highest BCUT2D eigenvalue weighted by Crippen LogP contribution is 2.34. The average Bonchev–Trinajstić information content (AvgIpc) is 3.12. The van der Waals surface area contributed by atoms with Crippen molar-refractivity contribution in [2.24, 2.45) is 5.73 Å². The van der Waals surface area contributed by atoms with Gasteiger partial charge >= 0.3 is 0 Å². The van der Waals surface area contributed by atoms with Crippen molar-refractivity contribution in [3.63, 3.8) is 0 Å². The maximum Gasteiger partial charge on any atom is 0.250 e. The molecule has 1 heterocycles. The molecule has 3 aromatic rings. The van der Waals surface area contributed by atoms with Crippen LogP contribution in [0.4, 0.5) is 5.13 Å². The summed E-state index contributed by atoms with van der Waals surface area (Å²) in [5, 5.41) is 12.5. The SMILES string of the molecule is CC(N)(C(=O)Nc1nnc(C(C)(C)c2ccccc2)s1)c1ccccc1. The number of rotatable bonds is 5. The first kappa shape index (κ1) is 18.2. The molecule has 6 heteroatoms. The largest absolute Gasteiger partial charge is 0.314 e. The number of nitrogens with zero attached hydrogens (tertiary/aromatic N) is 2. The third kappa shape index (κ3) is 3.52. The van der Waals surface area contributed by atoms with Gasteiger partial charge in [-0.3, -0.25) is 10.1 Å². The smallest absolute Gasteiger partial charge is 0.250 e. The number of hydrogen-bond donors (Lipinski definition) is 2. The number of benzene rings is 2. The Morgan fingerprint density at radius 2 is 1.46 bits per heavy atom. The lowest BCUT2D eigenvalue weighted by Gasteiger charge is -2.23. The van der Waals surface area contributed by atoms with Crippen molar-refractivity contribution in [1.82, 2.24) is 10.2 Å². The molecule has 134 valence electrons. The first-order valence-corrected chi connectivity index (χ1v) is 9.19. The van der Waals surface area contributed by atoms with Gasteiger partial charge in [0, 0.05) is 5.41 Å². The minimum Gasteiger partial charge on any atom is -0.314 e. The number of hydrogen-bond acceptors (Lipinski definition) is 5. The Labute approximate surface area is 157 Å². The van der Waals surface area contributed by atoms with E-state index in [1.54, 1.807) is 6.92 Å². The van der Waals surface area contributed by atoms with Gasteiger partial charge in [-0.2, -0.15) is 0 Å². The van der Waals surface area contributed by atoms with Gasteiger partial charge in [0.2, 0.25) is 5.13 Å². The third-order valence-electron chi connectivity index (χ3n) is 4.52. The zero-order chi connectivity index (χ0) is 18.8. The van der Waals surface area contributed by atoms with E-state index >= 15 is 0 Å². The second-order valence-corrected chi connectivity index (χ2v) is 7.90. The molecule has 1 aromatic heterocycles. The van der Waals surface area contributed by atoms with Gasteiger partial charge in [-0.15, -0.1) is 10.2 Å². The van der Waals surface area contributed by atoms with Crippen molar-refractivity contribution in [2.75, 3.05) is 5.32 Å². The van der Waals surface area contributed by atoms with E-state index in [2.05, 4.69) is 41.5 Å². The van der Waals surface area contributed by atoms with Crippen LogP contribution < -0.4 is 11.1 Å². The number of carbonyl (C=O) groups excluding carboxylic acids is 1. The average molecular weight is 366 g/mol. The van der Waals surface area contributed by atoms with Gasteiger partial charge in [0.05, 0.1) is 0 Å². The molecular formula is C20H22N4OS. The number of aromatic nitrogens is 2. The van der Waals surface area contributed by atoms with E-state index in [4.69, 9.17) is 5.73 Å². The summed E-state index contributed by atoms with van der Waals surface area (Å²) in [6.45, 7) is 5.87. The molecule has 0 spiro atoms. The molecule has 3 rings (SSSR count). The lowest BCUT2D eigenvalue weighted by Crippen LogP contribution is -2.45. The molecule has 1 unspecified atom stereocenters. The molecule has 1 atom stereocenters. The summed E-state index contributed by atoms with van der Waals surface area (Å²) in [5.41, 5.74) is 6.69. The summed E-state index contributed by atoms with van der Waals surface area (Å²) >= 11 is 1.36. The van der Waals surface area contributed by atoms with Crippen LogP contribution in [0.1, 0.15) is 36.9 Å². The summed E-state index contributed by atoms with van der Waals surface area (Å²) in [6.07, 6.45) is 0. The Bertz CT molecular complexity index is 888. The maximum atomic E-state index is 12.7. The molecule has 0 fully saturated rings. The van der Waals surface area contributed by atoms with E-state index in [1.165, 1.54) is 11.3 Å². The van der Waals surface area contributed by atoms with Crippen LogP contribution in [0.15, 0.2) is 60.7 Å². The van der Waals surface area contributed by atoms with Gasteiger partial charge in [-0.25, -0.2) is 0 Å². The Kier molecular flexibility index (Phi) is 4.89. The van der Waals surface area contributed by atoms with Crippen LogP contribution in [0.25, 0.3) is 0 Å². The van der Waals surface area contributed by atoms with Crippen molar-refractivity contribution in [3.8, 4) is 0 Å². The molecule has 0 saturated carbocycles. The van der Waals surface area contributed by atoms with Crippen LogP contribution in [-0.2, 0) is 15.7 Å². The first-order valence-electron chi connectivity index (χ1n) is 8.37. The second-order valence-electron chi connectivity index (χ2n) is 6.93. The predicted octanol–water partition coefficient (Wildman–Crippen LogP) is 3.68. The fraction of sp³-hybridized carbons (Fsp3) is 0.250. The Morgan fingerprint density at radius 1 is 0.923 bits per heavy atom.